The van der Waals surface area contributed by atoms with E-state index >= 15 is 0 Å². The van der Waals surface area contributed by atoms with Crippen LogP contribution in [0.2, 0.25) is 0 Å². The van der Waals surface area contributed by atoms with Crippen LogP contribution in [-0.2, 0) is 0 Å². The Morgan fingerprint density at radius 3 is 2.89 bits per heavy atom. The number of anilines is 1. The molecule has 0 amide bonds. The van der Waals surface area contributed by atoms with E-state index in [9.17, 15) is 0 Å². The summed E-state index contributed by atoms with van der Waals surface area (Å²) in [4.78, 5) is 0. The average Bonchev–Trinajstić information content (AvgIpc) is 2.80. The van der Waals surface area contributed by atoms with Gasteiger partial charge in [-0.2, -0.15) is 0 Å². The lowest BCUT2D eigenvalue weighted by Gasteiger charge is -2.11. The van der Waals surface area contributed by atoms with E-state index in [0.717, 1.165) is 19.0 Å². The van der Waals surface area contributed by atoms with Gasteiger partial charge in [0.05, 0.1) is 0 Å². The van der Waals surface area contributed by atoms with Crippen molar-refractivity contribution in [3.8, 4) is 0 Å². The molecule has 1 aliphatic carbocycles. The Hall–Kier alpha value is -1.02. The van der Waals surface area contributed by atoms with Crippen molar-refractivity contribution in [2.24, 2.45) is 11.3 Å². The fourth-order valence-corrected chi connectivity index (χ4v) is 3.09. The van der Waals surface area contributed by atoms with E-state index in [1.807, 2.05) is 0 Å². The van der Waals surface area contributed by atoms with Crippen LogP contribution in [0.25, 0.3) is 0 Å². The van der Waals surface area contributed by atoms with Crippen molar-refractivity contribution < 1.29 is 0 Å². The van der Waals surface area contributed by atoms with E-state index < -0.39 is 0 Å². The molecule has 2 atom stereocenters. The average molecular weight is 244 g/mol. The lowest BCUT2D eigenvalue weighted by atomic mass is 9.98. The Balaban J connectivity index is 1.42. The van der Waals surface area contributed by atoms with Crippen LogP contribution >= 0.6 is 0 Å². The smallest absolute Gasteiger partial charge is 0.0376 e. The Morgan fingerprint density at radius 2 is 2.11 bits per heavy atom. The largest absolute Gasteiger partial charge is 0.384 e. The van der Waals surface area contributed by atoms with Crippen LogP contribution in [0.3, 0.4) is 0 Å². The second-order valence-corrected chi connectivity index (χ2v) is 6.55. The summed E-state index contributed by atoms with van der Waals surface area (Å²) in [5.41, 5.74) is 3.45. The highest BCUT2D eigenvalue weighted by Gasteiger charge is 2.44. The van der Waals surface area contributed by atoms with Gasteiger partial charge in [0.1, 0.15) is 0 Å². The van der Waals surface area contributed by atoms with Crippen LogP contribution in [0.4, 0.5) is 5.69 Å². The van der Waals surface area contributed by atoms with Crippen LogP contribution in [0, 0.1) is 11.3 Å². The molecule has 0 radical (unpaired) electrons. The summed E-state index contributed by atoms with van der Waals surface area (Å²) in [5, 5.41) is 7.13. The Bertz CT molecular complexity index is 425. The summed E-state index contributed by atoms with van der Waals surface area (Å²) in [7, 11) is 0. The summed E-state index contributed by atoms with van der Waals surface area (Å²) in [5.74, 6) is 1.60. The fourth-order valence-electron chi connectivity index (χ4n) is 3.09. The van der Waals surface area contributed by atoms with E-state index in [-0.39, 0.29) is 0 Å². The standard InChI is InChI=1S/C16H24N2/c1-16(2)9-13(16)11-17-8-7-12-10-18-15-6-4-3-5-14(12)15/h3-6,12-13,17-18H,7-11H2,1-2H3. The molecular weight excluding hydrogens is 220 g/mol. The molecule has 0 spiro atoms. The number of nitrogens with one attached hydrogen (secondary N) is 2. The molecular formula is C16H24N2. The molecule has 18 heavy (non-hydrogen) atoms. The zero-order valence-electron chi connectivity index (χ0n) is 11.5. The summed E-state index contributed by atoms with van der Waals surface area (Å²) >= 11 is 0. The first-order valence-corrected chi connectivity index (χ1v) is 7.20. The maximum atomic E-state index is 3.63. The van der Waals surface area contributed by atoms with Gasteiger partial charge in [0.15, 0.2) is 0 Å². The van der Waals surface area contributed by atoms with Gasteiger partial charge in [-0.15, -0.1) is 0 Å². The highest BCUT2D eigenvalue weighted by atomic mass is 14.9. The van der Waals surface area contributed by atoms with Crippen molar-refractivity contribution in [1.29, 1.82) is 0 Å². The monoisotopic (exact) mass is 244 g/mol. The number of hydrogen-bond acceptors (Lipinski definition) is 2. The van der Waals surface area contributed by atoms with Crippen LogP contribution in [0.5, 0.6) is 0 Å². The highest BCUT2D eigenvalue weighted by Crippen LogP contribution is 2.50. The van der Waals surface area contributed by atoms with Gasteiger partial charge >= 0.3 is 0 Å². The normalized spacial score (nSPS) is 27.7. The van der Waals surface area contributed by atoms with Crippen molar-refractivity contribution in [2.45, 2.75) is 32.6 Å². The molecule has 1 aromatic carbocycles. The van der Waals surface area contributed by atoms with Gasteiger partial charge in [0.25, 0.3) is 0 Å². The predicted molar refractivity (Wildman–Crippen MR) is 77.0 cm³/mol. The Kier molecular flexibility index (Phi) is 3.06. The maximum Gasteiger partial charge on any atom is 0.0376 e. The van der Waals surface area contributed by atoms with Crippen LogP contribution < -0.4 is 10.6 Å². The number of hydrogen-bond donors (Lipinski definition) is 2. The van der Waals surface area contributed by atoms with E-state index in [1.54, 1.807) is 0 Å². The summed E-state index contributed by atoms with van der Waals surface area (Å²) in [6.45, 7) is 8.20. The first-order chi connectivity index (χ1) is 8.67. The molecule has 0 bridgehead atoms. The quantitative estimate of drug-likeness (QED) is 0.777. The predicted octanol–water partition coefficient (Wildman–Crippen LogP) is 3.22. The van der Waals surface area contributed by atoms with Crippen molar-refractivity contribution in [2.75, 3.05) is 25.0 Å². The van der Waals surface area contributed by atoms with Gasteiger partial charge in [-0.05, 0) is 48.9 Å². The van der Waals surface area contributed by atoms with Gasteiger partial charge in [-0.3, -0.25) is 0 Å². The minimum atomic E-state index is 0.606. The zero-order chi connectivity index (χ0) is 12.6. The van der Waals surface area contributed by atoms with Crippen LogP contribution in [-0.4, -0.2) is 19.6 Å². The molecule has 0 saturated heterocycles. The molecule has 1 aromatic rings. The minimum Gasteiger partial charge on any atom is -0.384 e. The zero-order valence-corrected chi connectivity index (χ0v) is 11.5. The third kappa shape index (κ3) is 2.39. The van der Waals surface area contributed by atoms with Crippen molar-refractivity contribution in [1.82, 2.24) is 5.32 Å². The van der Waals surface area contributed by atoms with Crippen molar-refractivity contribution in [3.63, 3.8) is 0 Å². The van der Waals surface area contributed by atoms with Gasteiger partial charge in [-0.1, -0.05) is 32.0 Å². The SMILES string of the molecule is CC1(C)CC1CNCCC1CNc2ccccc21. The number of benzene rings is 1. The second-order valence-electron chi connectivity index (χ2n) is 6.55. The van der Waals surface area contributed by atoms with E-state index in [1.165, 1.54) is 30.6 Å². The molecule has 2 N–H and O–H groups in total. The molecule has 2 aliphatic rings. The third-order valence-corrected chi connectivity index (χ3v) is 4.72. The number of para-hydroxylation sites is 1. The molecule has 3 rings (SSSR count). The molecule has 1 heterocycles. The highest BCUT2D eigenvalue weighted by molar-refractivity contribution is 5.57. The van der Waals surface area contributed by atoms with Gasteiger partial charge in [0.2, 0.25) is 0 Å². The molecule has 2 unspecified atom stereocenters. The molecule has 1 aliphatic heterocycles. The molecule has 2 nitrogen and oxygen atoms in total. The van der Waals surface area contributed by atoms with Crippen LogP contribution in [0.15, 0.2) is 24.3 Å². The van der Waals surface area contributed by atoms with Crippen molar-refractivity contribution in [3.05, 3.63) is 29.8 Å². The minimum absolute atomic E-state index is 0.606. The molecule has 0 aromatic heterocycles. The van der Waals surface area contributed by atoms with Gasteiger partial charge < -0.3 is 10.6 Å². The maximum absolute atomic E-state index is 3.63. The van der Waals surface area contributed by atoms with Gasteiger partial charge in [0, 0.05) is 18.2 Å². The first-order valence-electron chi connectivity index (χ1n) is 7.20. The Morgan fingerprint density at radius 1 is 1.33 bits per heavy atom. The number of rotatable bonds is 5. The topological polar surface area (TPSA) is 24.1 Å². The molecule has 1 fully saturated rings. The molecule has 2 heteroatoms. The van der Waals surface area contributed by atoms with E-state index in [4.69, 9.17) is 0 Å². The Labute approximate surface area is 110 Å². The van der Waals surface area contributed by atoms with Crippen molar-refractivity contribution >= 4 is 5.69 Å². The summed E-state index contributed by atoms with van der Waals surface area (Å²) < 4.78 is 0. The molecule has 1 saturated carbocycles. The molecule has 98 valence electrons. The summed E-state index contributed by atoms with van der Waals surface area (Å²) in [6, 6.07) is 8.72. The lowest BCUT2D eigenvalue weighted by molar-refractivity contribution is 0.506. The lowest BCUT2D eigenvalue weighted by Crippen LogP contribution is -2.21. The first kappa shape index (κ1) is 12.0. The van der Waals surface area contributed by atoms with Crippen LogP contribution in [0.1, 0.15) is 38.2 Å². The summed E-state index contributed by atoms with van der Waals surface area (Å²) in [6.07, 6.45) is 2.64. The third-order valence-electron chi connectivity index (χ3n) is 4.72. The van der Waals surface area contributed by atoms with E-state index in [0.29, 0.717) is 11.3 Å². The second kappa shape index (κ2) is 4.58. The number of fused-ring (bicyclic) bond motifs is 1. The van der Waals surface area contributed by atoms with Gasteiger partial charge in [-0.25, -0.2) is 0 Å². The van der Waals surface area contributed by atoms with E-state index in [2.05, 4.69) is 48.7 Å². The fraction of sp³-hybridized carbons (Fsp3) is 0.625.